The lowest BCUT2D eigenvalue weighted by molar-refractivity contribution is -0.138. The number of aliphatic carboxylic acids is 1. The maximum atomic E-state index is 11.1. The van der Waals surface area contributed by atoms with E-state index in [4.69, 9.17) is 9.84 Å². The minimum atomic E-state index is -0.787. The zero-order chi connectivity index (χ0) is 14.1. The number of hydrogen-bond acceptors (Lipinski definition) is 5. The van der Waals surface area contributed by atoms with Crippen LogP contribution in [0.3, 0.4) is 0 Å². The third-order valence-electron chi connectivity index (χ3n) is 3.36. The Morgan fingerprint density at radius 2 is 2.20 bits per heavy atom. The number of carboxylic acids is 1. The van der Waals surface area contributed by atoms with Gasteiger partial charge in [-0.05, 0) is 37.1 Å². The van der Waals surface area contributed by atoms with Crippen LogP contribution in [0.5, 0.6) is 5.75 Å². The van der Waals surface area contributed by atoms with Gasteiger partial charge in [-0.2, -0.15) is 0 Å². The van der Waals surface area contributed by atoms with Gasteiger partial charge in [-0.15, -0.1) is 11.3 Å². The average molecular weight is 290 g/mol. The van der Waals surface area contributed by atoms with E-state index >= 15 is 0 Å². The molecule has 0 spiro atoms. The van der Waals surface area contributed by atoms with Crippen molar-refractivity contribution < 1.29 is 14.6 Å². The smallest absolute Gasteiger partial charge is 0.312 e. The Kier molecular flexibility index (Phi) is 3.31. The van der Waals surface area contributed by atoms with Crippen molar-refractivity contribution in [3.8, 4) is 5.75 Å². The van der Waals surface area contributed by atoms with Crippen molar-refractivity contribution in [1.29, 1.82) is 0 Å². The number of thiazole rings is 1. The number of benzene rings is 1. The van der Waals surface area contributed by atoms with Gasteiger partial charge in [-0.25, -0.2) is 4.98 Å². The third-order valence-corrected chi connectivity index (χ3v) is 4.40. The highest BCUT2D eigenvalue weighted by Crippen LogP contribution is 2.39. The maximum absolute atomic E-state index is 11.1. The summed E-state index contributed by atoms with van der Waals surface area (Å²) in [6.45, 7) is 0. The molecule has 0 radical (unpaired) electrons. The van der Waals surface area contributed by atoms with Crippen LogP contribution < -0.4 is 10.1 Å². The Morgan fingerprint density at radius 3 is 2.85 bits per heavy atom. The molecule has 1 atom stereocenters. The largest absolute Gasteiger partial charge is 0.497 e. The lowest BCUT2D eigenvalue weighted by atomic mass is 10.1. The minimum absolute atomic E-state index is 0.451. The summed E-state index contributed by atoms with van der Waals surface area (Å²) >= 11 is 1.53. The van der Waals surface area contributed by atoms with Crippen LogP contribution in [0.1, 0.15) is 22.9 Å². The molecule has 0 saturated carbocycles. The van der Waals surface area contributed by atoms with Gasteiger partial charge in [-0.1, -0.05) is 0 Å². The second kappa shape index (κ2) is 5.13. The van der Waals surface area contributed by atoms with Crippen molar-refractivity contribution in [1.82, 2.24) is 4.98 Å². The second-order valence-electron chi connectivity index (χ2n) is 4.61. The van der Waals surface area contributed by atoms with Crippen molar-refractivity contribution in [3.63, 3.8) is 0 Å². The molecule has 3 rings (SSSR count). The van der Waals surface area contributed by atoms with Gasteiger partial charge < -0.3 is 15.2 Å². The van der Waals surface area contributed by atoms with Crippen LogP contribution in [0, 0.1) is 0 Å². The Bertz CT molecular complexity index is 636. The van der Waals surface area contributed by atoms with Gasteiger partial charge in [0.15, 0.2) is 5.13 Å². The summed E-state index contributed by atoms with van der Waals surface area (Å²) in [7, 11) is 1.62. The number of hydrogen-bond donors (Lipinski definition) is 2. The summed E-state index contributed by atoms with van der Waals surface area (Å²) in [4.78, 5) is 16.6. The standard InChI is InChI=1S/C14H14N2O3S/c1-19-9-4-2-8(3-5-9)15-14-16-12-10(13(17)18)6-7-11(12)20-14/h2-5,10H,6-7H2,1H3,(H,15,16)(H,17,18). The van der Waals surface area contributed by atoms with Gasteiger partial charge in [0.2, 0.25) is 0 Å². The fourth-order valence-electron chi connectivity index (χ4n) is 2.32. The normalized spacial score (nSPS) is 16.8. The fraction of sp³-hybridized carbons (Fsp3) is 0.286. The number of nitrogens with one attached hydrogen (secondary N) is 1. The summed E-state index contributed by atoms with van der Waals surface area (Å²) in [5.74, 6) is -0.444. The van der Waals surface area contributed by atoms with Crippen molar-refractivity contribution in [2.24, 2.45) is 0 Å². The molecule has 104 valence electrons. The molecule has 1 aliphatic carbocycles. The van der Waals surface area contributed by atoms with Crippen LogP contribution in [0.2, 0.25) is 0 Å². The van der Waals surface area contributed by atoms with E-state index in [-0.39, 0.29) is 0 Å². The van der Waals surface area contributed by atoms with Crippen LogP contribution in [0.25, 0.3) is 0 Å². The van der Waals surface area contributed by atoms with Crippen LogP contribution in [0.15, 0.2) is 24.3 Å². The average Bonchev–Trinajstić information content (AvgIpc) is 2.98. The van der Waals surface area contributed by atoms with Crippen molar-refractivity contribution >= 4 is 28.1 Å². The topological polar surface area (TPSA) is 71.5 Å². The van der Waals surface area contributed by atoms with Gasteiger partial charge in [-0.3, -0.25) is 4.79 Å². The van der Waals surface area contributed by atoms with Crippen LogP contribution in [0.4, 0.5) is 10.8 Å². The molecule has 0 amide bonds. The van der Waals surface area contributed by atoms with Crippen LogP contribution in [-0.4, -0.2) is 23.2 Å². The zero-order valence-corrected chi connectivity index (χ0v) is 11.7. The molecule has 20 heavy (non-hydrogen) atoms. The number of anilines is 2. The molecule has 5 nitrogen and oxygen atoms in total. The first-order valence-corrected chi connectivity index (χ1v) is 7.12. The summed E-state index contributed by atoms with van der Waals surface area (Å²) < 4.78 is 5.10. The number of rotatable bonds is 4. The fourth-order valence-corrected chi connectivity index (χ4v) is 3.38. The van der Waals surface area contributed by atoms with Crippen molar-refractivity contribution in [2.75, 3.05) is 12.4 Å². The summed E-state index contributed by atoms with van der Waals surface area (Å²) in [5, 5.41) is 13.1. The minimum Gasteiger partial charge on any atom is -0.497 e. The lowest BCUT2D eigenvalue weighted by Gasteiger charge is -2.05. The predicted octanol–water partition coefficient (Wildman–Crippen LogP) is 3.01. The zero-order valence-electron chi connectivity index (χ0n) is 10.9. The number of carboxylic acid groups (broad SMARTS) is 1. The van der Waals surface area contributed by atoms with Gasteiger partial charge in [0, 0.05) is 10.6 Å². The molecule has 2 aromatic rings. The molecule has 6 heteroatoms. The number of nitrogens with zero attached hydrogens (tertiary/aromatic N) is 1. The van der Waals surface area contributed by atoms with E-state index in [0.717, 1.165) is 33.6 Å². The highest BCUT2D eigenvalue weighted by molar-refractivity contribution is 7.15. The van der Waals surface area contributed by atoms with E-state index < -0.39 is 11.9 Å². The molecule has 0 aliphatic heterocycles. The van der Waals surface area contributed by atoms with Crippen molar-refractivity contribution in [3.05, 3.63) is 34.8 Å². The van der Waals surface area contributed by atoms with Gasteiger partial charge in [0.25, 0.3) is 0 Å². The molecule has 1 aromatic carbocycles. The molecule has 1 aliphatic rings. The van der Waals surface area contributed by atoms with Crippen molar-refractivity contribution in [2.45, 2.75) is 18.8 Å². The molecule has 1 heterocycles. The first kappa shape index (κ1) is 12.9. The van der Waals surface area contributed by atoms with Gasteiger partial charge >= 0.3 is 5.97 Å². The first-order chi connectivity index (χ1) is 9.67. The summed E-state index contributed by atoms with van der Waals surface area (Å²) in [6.07, 6.45) is 1.46. The lowest BCUT2D eigenvalue weighted by Crippen LogP contribution is -2.08. The predicted molar refractivity (Wildman–Crippen MR) is 77.1 cm³/mol. The Balaban J connectivity index is 1.79. The Labute approximate surface area is 120 Å². The second-order valence-corrected chi connectivity index (χ2v) is 5.69. The maximum Gasteiger partial charge on any atom is 0.312 e. The SMILES string of the molecule is COc1ccc(Nc2nc3c(s2)CCC3C(=O)O)cc1. The number of fused-ring (bicyclic) bond motifs is 1. The van der Waals surface area contributed by atoms with Crippen LogP contribution in [-0.2, 0) is 11.2 Å². The molecule has 2 N–H and O–H groups in total. The van der Waals surface area contributed by atoms with E-state index in [9.17, 15) is 4.79 Å². The Morgan fingerprint density at radius 1 is 1.45 bits per heavy atom. The van der Waals surface area contributed by atoms with E-state index in [0.29, 0.717) is 6.42 Å². The highest BCUT2D eigenvalue weighted by Gasteiger charge is 2.32. The third kappa shape index (κ3) is 2.34. The van der Waals surface area contributed by atoms with E-state index in [1.807, 2.05) is 24.3 Å². The van der Waals surface area contributed by atoms with E-state index in [1.54, 1.807) is 7.11 Å². The molecule has 1 aromatic heterocycles. The number of carbonyl (C=O) groups is 1. The first-order valence-electron chi connectivity index (χ1n) is 6.31. The summed E-state index contributed by atoms with van der Waals surface area (Å²) in [6, 6.07) is 7.54. The molecule has 0 fully saturated rings. The van der Waals surface area contributed by atoms with Gasteiger partial charge in [0.1, 0.15) is 11.7 Å². The molecular formula is C14H14N2O3S. The molecule has 0 saturated heterocycles. The van der Waals surface area contributed by atoms with Gasteiger partial charge in [0.05, 0.1) is 12.8 Å². The number of aryl methyl sites for hydroxylation is 1. The Hall–Kier alpha value is -2.08. The number of aromatic nitrogens is 1. The number of methoxy groups -OCH3 is 1. The summed E-state index contributed by atoms with van der Waals surface area (Å²) in [5.41, 5.74) is 1.63. The van der Waals surface area contributed by atoms with E-state index in [2.05, 4.69) is 10.3 Å². The molecular weight excluding hydrogens is 276 g/mol. The quantitative estimate of drug-likeness (QED) is 0.905. The number of ether oxygens (including phenoxy) is 1. The van der Waals surface area contributed by atoms with Crippen LogP contribution >= 0.6 is 11.3 Å². The highest BCUT2D eigenvalue weighted by atomic mass is 32.1. The van der Waals surface area contributed by atoms with E-state index in [1.165, 1.54) is 11.3 Å². The molecule has 1 unspecified atom stereocenters. The molecule has 0 bridgehead atoms. The monoisotopic (exact) mass is 290 g/mol.